The van der Waals surface area contributed by atoms with E-state index >= 15 is 0 Å². The average Bonchev–Trinajstić information content (AvgIpc) is 2.74. The summed E-state index contributed by atoms with van der Waals surface area (Å²) in [6, 6.07) is 7.96. The molecule has 2 rings (SSSR count). The molecule has 0 radical (unpaired) electrons. The summed E-state index contributed by atoms with van der Waals surface area (Å²) in [7, 11) is 0. The quantitative estimate of drug-likeness (QED) is 0.919. The standard InChI is InChI=1S/C13H14ClN3O/c1-10-4-2-3-5-11(10)6-15-13(18)9-17-8-12(14)7-16-17/h2-5,7-8H,6,9H2,1H3,(H,15,18). The number of amides is 1. The van der Waals surface area contributed by atoms with Gasteiger partial charge >= 0.3 is 0 Å². The fourth-order valence-electron chi connectivity index (χ4n) is 1.63. The molecular formula is C13H14ClN3O. The zero-order valence-corrected chi connectivity index (χ0v) is 10.8. The Labute approximate surface area is 111 Å². The Morgan fingerprint density at radius 1 is 1.44 bits per heavy atom. The number of hydrogen-bond donors (Lipinski definition) is 1. The first-order chi connectivity index (χ1) is 8.65. The second-order valence-electron chi connectivity index (χ2n) is 4.06. The number of carbonyl (C=O) groups excluding carboxylic acids is 1. The van der Waals surface area contributed by atoms with Gasteiger partial charge in [0.15, 0.2) is 0 Å². The van der Waals surface area contributed by atoms with E-state index in [9.17, 15) is 4.79 Å². The van der Waals surface area contributed by atoms with E-state index in [1.165, 1.54) is 16.4 Å². The number of rotatable bonds is 4. The highest BCUT2D eigenvalue weighted by atomic mass is 35.5. The normalized spacial score (nSPS) is 10.3. The van der Waals surface area contributed by atoms with Gasteiger partial charge < -0.3 is 5.32 Å². The Bertz CT molecular complexity index is 551. The first-order valence-corrected chi connectivity index (χ1v) is 6.02. The monoisotopic (exact) mass is 263 g/mol. The zero-order valence-electron chi connectivity index (χ0n) is 10.1. The summed E-state index contributed by atoms with van der Waals surface area (Å²) in [4.78, 5) is 11.7. The fourth-order valence-corrected chi connectivity index (χ4v) is 1.79. The second kappa shape index (κ2) is 5.69. The van der Waals surface area contributed by atoms with Crippen molar-refractivity contribution >= 4 is 17.5 Å². The Morgan fingerprint density at radius 3 is 2.89 bits per heavy atom. The van der Waals surface area contributed by atoms with Crippen LogP contribution in [0.15, 0.2) is 36.7 Å². The van der Waals surface area contributed by atoms with Crippen LogP contribution in [0.25, 0.3) is 0 Å². The summed E-state index contributed by atoms with van der Waals surface area (Å²) in [5, 5.41) is 7.34. The minimum absolute atomic E-state index is 0.0852. The SMILES string of the molecule is Cc1ccccc1CNC(=O)Cn1cc(Cl)cn1. The molecule has 5 heteroatoms. The van der Waals surface area contributed by atoms with E-state index in [2.05, 4.69) is 10.4 Å². The van der Waals surface area contributed by atoms with Crippen molar-refractivity contribution < 1.29 is 4.79 Å². The highest BCUT2D eigenvalue weighted by Gasteiger charge is 2.04. The molecule has 0 unspecified atom stereocenters. The van der Waals surface area contributed by atoms with E-state index in [1.807, 2.05) is 31.2 Å². The largest absolute Gasteiger partial charge is 0.350 e. The lowest BCUT2D eigenvalue weighted by Gasteiger charge is -2.07. The summed E-state index contributed by atoms with van der Waals surface area (Å²) in [5.74, 6) is -0.0852. The van der Waals surface area contributed by atoms with Crippen molar-refractivity contribution in [3.63, 3.8) is 0 Å². The molecule has 0 atom stereocenters. The summed E-state index contributed by atoms with van der Waals surface area (Å²) >= 11 is 5.72. The van der Waals surface area contributed by atoms with Crippen LogP contribution in [0.2, 0.25) is 5.02 Å². The van der Waals surface area contributed by atoms with Crippen molar-refractivity contribution in [3.05, 3.63) is 52.8 Å². The molecule has 2 aromatic rings. The van der Waals surface area contributed by atoms with Crippen molar-refractivity contribution in [2.45, 2.75) is 20.0 Å². The van der Waals surface area contributed by atoms with Gasteiger partial charge in [-0.3, -0.25) is 9.48 Å². The van der Waals surface area contributed by atoms with Gasteiger partial charge in [-0.15, -0.1) is 0 Å². The molecule has 1 N–H and O–H groups in total. The highest BCUT2D eigenvalue weighted by Crippen LogP contribution is 2.06. The highest BCUT2D eigenvalue weighted by molar-refractivity contribution is 6.30. The molecule has 1 amide bonds. The van der Waals surface area contributed by atoms with E-state index in [4.69, 9.17) is 11.6 Å². The predicted molar refractivity (Wildman–Crippen MR) is 70.3 cm³/mol. The van der Waals surface area contributed by atoms with Crippen LogP contribution in [0.5, 0.6) is 0 Å². The number of benzene rings is 1. The first-order valence-electron chi connectivity index (χ1n) is 5.64. The van der Waals surface area contributed by atoms with Crippen molar-refractivity contribution in [2.24, 2.45) is 0 Å². The van der Waals surface area contributed by atoms with E-state index in [0.717, 1.165) is 5.56 Å². The Morgan fingerprint density at radius 2 is 2.22 bits per heavy atom. The molecule has 0 aliphatic heterocycles. The van der Waals surface area contributed by atoms with Crippen molar-refractivity contribution in [3.8, 4) is 0 Å². The summed E-state index contributed by atoms with van der Waals surface area (Å²) in [6.45, 7) is 2.73. The third-order valence-electron chi connectivity index (χ3n) is 2.64. The summed E-state index contributed by atoms with van der Waals surface area (Å²) in [5.41, 5.74) is 2.28. The molecular weight excluding hydrogens is 250 g/mol. The second-order valence-corrected chi connectivity index (χ2v) is 4.50. The molecule has 0 aliphatic carbocycles. The van der Waals surface area contributed by atoms with Gasteiger partial charge in [0.1, 0.15) is 6.54 Å². The lowest BCUT2D eigenvalue weighted by Crippen LogP contribution is -2.27. The minimum Gasteiger partial charge on any atom is -0.350 e. The van der Waals surface area contributed by atoms with Gasteiger partial charge in [-0.05, 0) is 18.1 Å². The topological polar surface area (TPSA) is 46.9 Å². The Kier molecular flexibility index (Phi) is 3.99. The molecule has 0 fully saturated rings. The van der Waals surface area contributed by atoms with Crippen molar-refractivity contribution in [2.75, 3.05) is 0 Å². The van der Waals surface area contributed by atoms with Crippen LogP contribution in [0.1, 0.15) is 11.1 Å². The predicted octanol–water partition coefficient (Wildman–Crippen LogP) is 2.16. The number of nitrogens with zero attached hydrogens (tertiary/aromatic N) is 2. The summed E-state index contributed by atoms with van der Waals surface area (Å²) < 4.78 is 1.51. The van der Waals surface area contributed by atoms with Crippen LogP contribution in [0.4, 0.5) is 0 Å². The molecule has 1 aromatic carbocycles. The van der Waals surface area contributed by atoms with Gasteiger partial charge in [-0.2, -0.15) is 5.10 Å². The van der Waals surface area contributed by atoms with Gasteiger partial charge in [-0.25, -0.2) is 0 Å². The number of aromatic nitrogens is 2. The van der Waals surface area contributed by atoms with Crippen LogP contribution < -0.4 is 5.32 Å². The molecule has 94 valence electrons. The van der Waals surface area contributed by atoms with E-state index in [1.54, 1.807) is 6.20 Å². The van der Waals surface area contributed by atoms with Crippen LogP contribution >= 0.6 is 11.6 Å². The van der Waals surface area contributed by atoms with Crippen molar-refractivity contribution in [1.29, 1.82) is 0 Å². The van der Waals surface area contributed by atoms with Gasteiger partial charge in [0.25, 0.3) is 0 Å². The molecule has 0 saturated heterocycles. The number of carbonyl (C=O) groups is 1. The van der Waals surface area contributed by atoms with E-state index in [0.29, 0.717) is 11.6 Å². The number of aryl methyl sites for hydroxylation is 1. The van der Waals surface area contributed by atoms with Gasteiger partial charge in [0.05, 0.1) is 11.2 Å². The smallest absolute Gasteiger partial charge is 0.241 e. The van der Waals surface area contributed by atoms with Gasteiger partial charge in [-0.1, -0.05) is 35.9 Å². The molecule has 0 saturated carbocycles. The molecule has 0 aliphatic rings. The van der Waals surface area contributed by atoms with Crippen molar-refractivity contribution in [1.82, 2.24) is 15.1 Å². The fraction of sp³-hybridized carbons (Fsp3) is 0.231. The van der Waals surface area contributed by atoms with Crippen LogP contribution in [0, 0.1) is 6.92 Å². The first kappa shape index (κ1) is 12.6. The maximum atomic E-state index is 11.7. The maximum absolute atomic E-state index is 11.7. The van der Waals surface area contributed by atoms with Gasteiger partial charge in [0.2, 0.25) is 5.91 Å². The molecule has 0 spiro atoms. The zero-order chi connectivity index (χ0) is 13.0. The lowest BCUT2D eigenvalue weighted by atomic mass is 10.1. The number of nitrogens with one attached hydrogen (secondary N) is 1. The lowest BCUT2D eigenvalue weighted by molar-refractivity contribution is -0.122. The Hall–Kier alpha value is -1.81. The van der Waals surface area contributed by atoms with Crippen LogP contribution in [0.3, 0.4) is 0 Å². The Balaban J connectivity index is 1.87. The third-order valence-corrected chi connectivity index (χ3v) is 2.84. The van der Waals surface area contributed by atoms with Gasteiger partial charge in [0, 0.05) is 12.7 Å². The molecule has 0 bridgehead atoms. The average molecular weight is 264 g/mol. The molecule has 4 nitrogen and oxygen atoms in total. The maximum Gasteiger partial charge on any atom is 0.241 e. The molecule has 18 heavy (non-hydrogen) atoms. The third kappa shape index (κ3) is 3.34. The van der Waals surface area contributed by atoms with Crippen LogP contribution in [-0.2, 0) is 17.9 Å². The number of hydrogen-bond acceptors (Lipinski definition) is 2. The number of halogens is 1. The van der Waals surface area contributed by atoms with E-state index in [-0.39, 0.29) is 12.5 Å². The molecule has 1 heterocycles. The van der Waals surface area contributed by atoms with E-state index < -0.39 is 0 Å². The molecule has 1 aromatic heterocycles. The van der Waals surface area contributed by atoms with Crippen LogP contribution in [-0.4, -0.2) is 15.7 Å². The summed E-state index contributed by atoms with van der Waals surface area (Å²) in [6.07, 6.45) is 3.13. The minimum atomic E-state index is -0.0852.